The lowest BCUT2D eigenvalue weighted by molar-refractivity contribution is 0.410. The van der Waals surface area contributed by atoms with Gasteiger partial charge in [-0.2, -0.15) is 4.98 Å². The highest BCUT2D eigenvalue weighted by Gasteiger charge is 2.08. The SMILES string of the molecule is COc1ccccc1CNc1ccnc(Nc2ccccc2Oc2ccccc2)n1. The van der Waals surface area contributed by atoms with Crippen molar-refractivity contribution in [1.82, 2.24) is 9.97 Å². The van der Waals surface area contributed by atoms with Crippen molar-refractivity contribution in [3.05, 3.63) is 96.7 Å². The van der Waals surface area contributed by atoms with Crippen molar-refractivity contribution < 1.29 is 9.47 Å². The maximum Gasteiger partial charge on any atom is 0.229 e. The molecule has 0 saturated carbocycles. The molecule has 6 nitrogen and oxygen atoms in total. The Labute approximate surface area is 175 Å². The highest BCUT2D eigenvalue weighted by atomic mass is 16.5. The highest BCUT2D eigenvalue weighted by molar-refractivity contribution is 5.63. The summed E-state index contributed by atoms with van der Waals surface area (Å²) in [5, 5.41) is 6.56. The lowest BCUT2D eigenvalue weighted by atomic mass is 10.2. The van der Waals surface area contributed by atoms with E-state index in [2.05, 4.69) is 20.6 Å². The predicted octanol–water partition coefficient (Wildman–Crippen LogP) is 5.63. The zero-order valence-corrected chi connectivity index (χ0v) is 16.6. The largest absolute Gasteiger partial charge is 0.496 e. The third kappa shape index (κ3) is 4.86. The van der Waals surface area contributed by atoms with Crippen molar-refractivity contribution in [2.24, 2.45) is 0 Å². The quantitative estimate of drug-likeness (QED) is 0.401. The average molecular weight is 398 g/mol. The van der Waals surface area contributed by atoms with E-state index in [1.807, 2.05) is 84.9 Å². The fourth-order valence-electron chi connectivity index (χ4n) is 2.95. The molecule has 1 heterocycles. The summed E-state index contributed by atoms with van der Waals surface area (Å²) in [5.74, 6) is 3.48. The Kier molecular flexibility index (Phi) is 6.05. The molecule has 1 aromatic heterocycles. The number of aromatic nitrogens is 2. The molecule has 2 N–H and O–H groups in total. The van der Waals surface area contributed by atoms with Gasteiger partial charge in [0.15, 0.2) is 5.75 Å². The molecule has 0 aliphatic carbocycles. The van der Waals surface area contributed by atoms with Crippen molar-refractivity contribution >= 4 is 17.5 Å². The van der Waals surface area contributed by atoms with Crippen molar-refractivity contribution in [3.8, 4) is 17.2 Å². The van der Waals surface area contributed by atoms with E-state index in [9.17, 15) is 0 Å². The maximum absolute atomic E-state index is 6.00. The Morgan fingerprint density at radius 1 is 0.800 bits per heavy atom. The zero-order chi connectivity index (χ0) is 20.6. The summed E-state index contributed by atoms with van der Waals surface area (Å²) >= 11 is 0. The molecule has 4 rings (SSSR count). The number of para-hydroxylation sites is 4. The minimum absolute atomic E-state index is 0.476. The number of anilines is 3. The Balaban J connectivity index is 1.47. The standard InChI is InChI=1S/C24H22N4O2/c1-29-21-13-7-5-9-18(21)17-26-23-15-16-25-24(28-23)27-20-12-6-8-14-22(20)30-19-10-3-2-4-11-19/h2-16H,17H2,1H3,(H2,25,26,27,28). The highest BCUT2D eigenvalue weighted by Crippen LogP contribution is 2.30. The second kappa shape index (κ2) is 9.43. The molecule has 0 atom stereocenters. The van der Waals surface area contributed by atoms with Crippen molar-refractivity contribution in [2.75, 3.05) is 17.7 Å². The molecule has 0 bridgehead atoms. The second-order valence-corrected chi connectivity index (χ2v) is 6.47. The number of methoxy groups -OCH3 is 1. The lowest BCUT2D eigenvalue weighted by Crippen LogP contribution is -2.05. The van der Waals surface area contributed by atoms with Gasteiger partial charge in [-0.1, -0.05) is 48.5 Å². The molecule has 6 heteroatoms. The van der Waals surface area contributed by atoms with Gasteiger partial charge < -0.3 is 20.1 Å². The molecule has 0 aliphatic rings. The van der Waals surface area contributed by atoms with Gasteiger partial charge in [-0.25, -0.2) is 4.98 Å². The summed E-state index contributed by atoms with van der Waals surface area (Å²) in [6.45, 7) is 0.591. The van der Waals surface area contributed by atoms with Crippen molar-refractivity contribution in [2.45, 2.75) is 6.54 Å². The fraction of sp³-hybridized carbons (Fsp3) is 0.0833. The van der Waals surface area contributed by atoms with E-state index in [-0.39, 0.29) is 0 Å². The molecule has 0 spiro atoms. The zero-order valence-electron chi connectivity index (χ0n) is 16.6. The van der Waals surface area contributed by atoms with Crippen molar-refractivity contribution in [3.63, 3.8) is 0 Å². The van der Waals surface area contributed by atoms with Gasteiger partial charge >= 0.3 is 0 Å². The summed E-state index contributed by atoms with van der Waals surface area (Å²) in [4.78, 5) is 8.89. The number of rotatable bonds is 8. The van der Waals surface area contributed by atoms with Crippen LogP contribution in [0.3, 0.4) is 0 Å². The summed E-state index contributed by atoms with van der Waals surface area (Å²) in [5.41, 5.74) is 1.83. The molecule has 3 aromatic carbocycles. The van der Waals surface area contributed by atoms with Gasteiger partial charge in [-0.3, -0.25) is 0 Å². The van der Waals surface area contributed by atoms with Crippen LogP contribution in [0, 0.1) is 0 Å². The van der Waals surface area contributed by atoms with Gasteiger partial charge in [0.1, 0.15) is 17.3 Å². The van der Waals surface area contributed by atoms with Crippen LogP contribution < -0.4 is 20.1 Å². The third-order valence-corrected chi connectivity index (χ3v) is 4.41. The van der Waals surface area contributed by atoms with Crippen molar-refractivity contribution in [1.29, 1.82) is 0 Å². The van der Waals surface area contributed by atoms with Crippen LogP contribution in [0.25, 0.3) is 0 Å². The summed E-state index contributed by atoms with van der Waals surface area (Å²) in [6.07, 6.45) is 1.71. The van der Waals surface area contributed by atoms with Gasteiger partial charge in [0.2, 0.25) is 5.95 Å². The predicted molar refractivity (Wildman–Crippen MR) is 119 cm³/mol. The number of hydrogen-bond acceptors (Lipinski definition) is 6. The number of ether oxygens (including phenoxy) is 2. The van der Waals surface area contributed by atoms with Crippen LogP contribution in [0.4, 0.5) is 17.5 Å². The van der Waals surface area contributed by atoms with Crippen LogP contribution in [0.2, 0.25) is 0 Å². The molecule has 0 fully saturated rings. The molecule has 0 radical (unpaired) electrons. The van der Waals surface area contributed by atoms with E-state index in [0.717, 1.165) is 22.7 Å². The molecule has 30 heavy (non-hydrogen) atoms. The topological polar surface area (TPSA) is 68.3 Å². The smallest absolute Gasteiger partial charge is 0.229 e. The molecule has 150 valence electrons. The first-order valence-electron chi connectivity index (χ1n) is 9.59. The summed E-state index contributed by atoms with van der Waals surface area (Å²) in [6, 6.07) is 27.1. The van der Waals surface area contributed by atoms with Crippen LogP contribution in [-0.4, -0.2) is 17.1 Å². The first kappa shape index (κ1) is 19.3. The van der Waals surface area contributed by atoms with E-state index in [0.29, 0.717) is 24.1 Å². The minimum atomic E-state index is 0.476. The number of hydrogen-bond donors (Lipinski definition) is 2. The molecule has 0 aliphatic heterocycles. The Morgan fingerprint density at radius 2 is 1.53 bits per heavy atom. The normalized spacial score (nSPS) is 10.3. The molecule has 0 saturated heterocycles. The van der Waals surface area contributed by atoms with Gasteiger partial charge in [0, 0.05) is 18.3 Å². The minimum Gasteiger partial charge on any atom is -0.496 e. The van der Waals surface area contributed by atoms with Gasteiger partial charge in [-0.15, -0.1) is 0 Å². The van der Waals surface area contributed by atoms with Crippen LogP contribution in [-0.2, 0) is 6.54 Å². The van der Waals surface area contributed by atoms with E-state index >= 15 is 0 Å². The van der Waals surface area contributed by atoms with Crippen LogP contribution >= 0.6 is 0 Å². The second-order valence-electron chi connectivity index (χ2n) is 6.47. The molecule has 0 amide bonds. The Hall–Kier alpha value is -4.06. The molecule has 4 aromatic rings. The van der Waals surface area contributed by atoms with E-state index in [4.69, 9.17) is 9.47 Å². The fourth-order valence-corrected chi connectivity index (χ4v) is 2.95. The van der Waals surface area contributed by atoms with Crippen LogP contribution in [0.1, 0.15) is 5.56 Å². The van der Waals surface area contributed by atoms with Crippen LogP contribution in [0.15, 0.2) is 91.1 Å². The summed E-state index contributed by atoms with van der Waals surface area (Å²) < 4.78 is 11.4. The van der Waals surface area contributed by atoms with E-state index in [1.165, 1.54) is 0 Å². The number of nitrogens with one attached hydrogen (secondary N) is 2. The van der Waals surface area contributed by atoms with Gasteiger partial charge in [0.05, 0.1) is 12.8 Å². The molecular formula is C24H22N4O2. The Morgan fingerprint density at radius 3 is 2.37 bits per heavy atom. The monoisotopic (exact) mass is 398 g/mol. The average Bonchev–Trinajstić information content (AvgIpc) is 2.80. The first-order valence-corrected chi connectivity index (χ1v) is 9.59. The number of nitrogens with zero attached hydrogens (tertiary/aromatic N) is 2. The van der Waals surface area contributed by atoms with Crippen LogP contribution in [0.5, 0.6) is 17.2 Å². The molecular weight excluding hydrogens is 376 g/mol. The lowest BCUT2D eigenvalue weighted by Gasteiger charge is -2.13. The number of benzene rings is 3. The first-order chi connectivity index (χ1) is 14.8. The van der Waals surface area contributed by atoms with E-state index in [1.54, 1.807) is 13.3 Å². The molecule has 0 unspecified atom stereocenters. The summed E-state index contributed by atoms with van der Waals surface area (Å²) in [7, 11) is 1.67. The van der Waals surface area contributed by atoms with E-state index < -0.39 is 0 Å². The van der Waals surface area contributed by atoms with Gasteiger partial charge in [-0.05, 0) is 36.4 Å². The van der Waals surface area contributed by atoms with Gasteiger partial charge in [0.25, 0.3) is 0 Å². The Bertz CT molecular complexity index is 1100. The third-order valence-electron chi connectivity index (χ3n) is 4.41. The maximum atomic E-state index is 6.00.